The molecule has 0 saturated carbocycles. The third-order valence-electron chi connectivity index (χ3n) is 4.60. The number of ether oxygens (including phenoxy) is 1. The van der Waals surface area contributed by atoms with E-state index in [1.807, 2.05) is 25.1 Å². The van der Waals surface area contributed by atoms with Crippen LogP contribution < -0.4 is 15.6 Å². The first-order valence-electron chi connectivity index (χ1n) is 9.28. The minimum Gasteiger partial charge on any atom is -0.493 e. The molecule has 0 atom stereocenters. The topological polar surface area (TPSA) is 73.2 Å². The van der Waals surface area contributed by atoms with Gasteiger partial charge in [0.1, 0.15) is 11.3 Å². The second-order valence-electron chi connectivity index (χ2n) is 6.39. The highest BCUT2D eigenvalue weighted by Crippen LogP contribution is 2.25. The van der Waals surface area contributed by atoms with Crippen LogP contribution in [0.15, 0.2) is 35.3 Å². The van der Waals surface area contributed by atoms with E-state index < -0.39 is 0 Å². The lowest BCUT2D eigenvalue weighted by Crippen LogP contribution is -2.32. The van der Waals surface area contributed by atoms with E-state index in [9.17, 15) is 9.59 Å². The Kier molecular flexibility index (Phi) is 6.04. The van der Waals surface area contributed by atoms with Crippen molar-refractivity contribution in [3.63, 3.8) is 0 Å². The Morgan fingerprint density at radius 3 is 2.96 bits per heavy atom. The molecule has 1 aliphatic heterocycles. The van der Waals surface area contributed by atoms with E-state index in [0.717, 1.165) is 37.1 Å². The average molecular weight is 355 g/mol. The smallest absolute Gasteiger partial charge is 0.256 e. The molecule has 6 nitrogen and oxygen atoms in total. The Morgan fingerprint density at radius 1 is 1.31 bits per heavy atom. The second kappa shape index (κ2) is 8.65. The second-order valence-corrected chi connectivity index (χ2v) is 6.39. The van der Waals surface area contributed by atoms with Crippen molar-refractivity contribution in [1.29, 1.82) is 0 Å². The molecule has 6 heteroatoms. The van der Waals surface area contributed by atoms with Gasteiger partial charge in [-0.15, -0.1) is 0 Å². The molecule has 0 aliphatic carbocycles. The fourth-order valence-electron chi connectivity index (χ4n) is 3.37. The molecule has 3 rings (SSSR count). The predicted octanol–water partition coefficient (Wildman–Crippen LogP) is 2.34. The maximum absolute atomic E-state index is 12.9. The summed E-state index contributed by atoms with van der Waals surface area (Å²) in [4.78, 5) is 29.6. The van der Waals surface area contributed by atoms with Gasteiger partial charge in [0.05, 0.1) is 6.61 Å². The van der Waals surface area contributed by atoms with E-state index in [0.29, 0.717) is 37.4 Å². The van der Waals surface area contributed by atoms with E-state index in [-0.39, 0.29) is 11.5 Å². The first-order valence-corrected chi connectivity index (χ1v) is 9.28. The summed E-state index contributed by atoms with van der Waals surface area (Å²) in [6, 6.07) is 7.19. The number of fused-ring (bicyclic) bond motifs is 1. The monoisotopic (exact) mass is 355 g/mol. The van der Waals surface area contributed by atoms with Gasteiger partial charge in [-0.1, -0.05) is 12.5 Å². The van der Waals surface area contributed by atoms with Crippen LogP contribution in [0.4, 0.5) is 0 Å². The van der Waals surface area contributed by atoms with Crippen molar-refractivity contribution >= 4 is 5.91 Å². The third-order valence-corrected chi connectivity index (χ3v) is 4.60. The van der Waals surface area contributed by atoms with Crippen molar-refractivity contribution in [3.8, 4) is 5.75 Å². The van der Waals surface area contributed by atoms with E-state index in [4.69, 9.17) is 4.74 Å². The van der Waals surface area contributed by atoms with Crippen molar-refractivity contribution in [2.24, 2.45) is 0 Å². The van der Waals surface area contributed by atoms with Crippen LogP contribution in [-0.4, -0.2) is 28.6 Å². The minimum absolute atomic E-state index is 0.0876. The van der Waals surface area contributed by atoms with E-state index in [2.05, 4.69) is 10.3 Å². The van der Waals surface area contributed by atoms with Gasteiger partial charge in [-0.05, 0) is 38.3 Å². The fourth-order valence-corrected chi connectivity index (χ4v) is 3.37. The van der Waals surface area contributed by atoms with Crippen LogP contribution in [0.25, 0.3) is 0 Å². The molecule has 2 aromatic rings. The van der Waals surface area contributed by atoms with Crippen LogP contribution in [0.1, 0.15) is 47.9 Å². The molecular formula is C20H25N3O3. The summed E-state index contributed by atoms with van der Waals surface area (Å²) in [6.07, 6.45) is 6.12. The highest BCUT2D eigenvalue weighted by Gasteiger charge is 2.23. The Labute approximate surface area is 153 Å². The molecule has 0 spiro atoms. The normalized spacial score (nSPS) is 13.6. The number of hydrogen-bond donors (Lipinski definition) is 1. The number of carbonyl (C=O) groups excluding carboxylic acids is 1. The molecule has 2 aromatic heterocycles. The Hall–Kier alpha value is -2.63. The van der Waals surface area contributed by atoms with Crippen LogP contribution in [0.3, 0.4) is 0 Å². The predicted molar refractivity (Wildman–Crippen MR) is 99.7 cm³/mol. The third kappa shape index (κ3) is 4.12. The van der Waals surface area contributed by atoms with Gasteiger partial charge >= 0.3 is 0 Å². The summed E-state index contributed by atoms with van der Waals surface area (Å²) in [5.74, 6) is 0.205. The molecule has 0 fully saturated rings. The molecule has 0 radical (unpaired) electrons. The number of carbonyl (C=O) groups is 1. The average Bonchev–Trinajstić information content (AvgIpc) is 2.89. The van der Waals surface area contributed by atoms with Crippen LogP contribution in [-0.2, 0) is 19.4 Å². The number of nitrogens with zero attached hydrogens (tertiary/aromatic N) is 2. The number of amides is 1. The zero-order valence-corrected chi connectivity index (χ0v) is 15.2. The number of rotatable bonds is 6. The van der Waals surface area contributed by atoms with Gasteiger partial charge in [0.15, 0.2) is 0 Å². The lowest BCUT2D eigenvalue weighted by Gasteiger charge is -2.18. The SMILES string of the molecule is CCOc1cc(=O)n2c(c1C(=O)NCCc1ccccn1)CCCCC2. The van der Waals surface area contributed by atoms with Gasteiger partial charge in [-0.25, -0.2) is 0 Å². The summed E-state index contributed by atoms with van der Waals surface area (Å²) >= 11 is 0. The van der Waals surface area contributed by atoms with Crippen molar-refractivity contribution in [2.45, 2.75) is 45.6 Å². The Bertz CT molecular complexity index is 815. The van der Waals surface area contributed by atoms with Crippen molar-refractivity contribution in [2.75, 3.05) is 13.2 Å². The largest absolute Gasteiger partial charge is 0.493 e. The molecule has 0 aromatic carbocycles. The molecule has 1 aliphatic rings. The summed E-state index contributed by atoms with van der Waals surface area (Å²) in [5.41, 5.74) is 2.15. The molecule has 26 heavy (non-hydrogen) atoms. The molecule has 1 N–H and O–H groups in total. The highest BCUT2D eigenvalue weighted by molar-refractivity contribution is 5.98. The highest BCUT2D eigenvalue weighted by atomic mass is 16.5. The maximum atomic E-state index is 12.9. The van der Waals surface area contributed by atoms with Gasteiger partial charge in [-0.2, -0.15) is 0 Å². The molecule has 138 valence electrons. The minimum atomic E-state index is -0.185. The molecule has 1 amide bonds. The fraction of sp³-hybridized carbons (Fsp3) is 0.450. The molecule has 0 unspecified atom stereocenters. The number of aromatic nitrogens is 2. The van der Waals surface area contributed by atoms with Crippen LogP contribution >= 0.6 is 0 Å². The van der Waals surface area contributed by atoms with Crippen molar-refractivity contribution in [3.05, 3.63) is 57.8 Å². The van der Waals surface area contributed by atoms with Crippen molar-refractivity contribution in [1.82, 2.24) is 14.9 Å². The summed E-state index contributed by atoms with van der Waals surface area (Å²) < 4.78 is 7.36. The van der Waals surface area contributed by atoms with E-state index >= 15 is 0 Å². The van der Waals surface area contributed by atoms with Gasteiger partial charge in [0.25, 0.3) is 11.5 Å². The van der Waals surface area contributed by atoms with Crippen LogP contribution in [0.5, 0.6) is 5.75 Å². The molecule has 0 bridgehead atoms. The zero-order valence-electron chi connectivity index (χ0n) is 15.2. The van der Waals surface area contributed by atoms with Crippen LogP contribution in [0, 0.1) is 0 Å². The lowest BCUT2D eigenvalue weighted by atomic mass is 10.1. The van der Waals surface area contributed by atoms with E-state index in [1.54, 1.807) is 10.8 Å². The summed E-state index contributed by atoms with van der Waals surface area (Å²) in [5, 5.41) is 2.96. The summed E-state index contributed by atoms with van der Waals surface area (Å²) in [6.45, 7) is 3.41. The van der Waals surface area contributed by atoms with E-state index in [1.165, 1.54) is 6.07 Å². The Balaban J connectivity index is 1.84. The van der Waals surface area contributed by atoms with Gasteiger partial charge in [-0.3, -0.25) is 14.6 Å². The van der Waals surface area contributed by atoms with Gasteiger partial charge in [0.2, 0.25) is 0 Å². The number of nitrogens with one attached hydrogen (secondary N) is 1. The quantitative estimate of drug-likeness (QED) is 0.863. The first kappa shape index (κ1) is 18.2. The number of pyridine rings is 2. The van der Waals surface area contributed by atoms with Crippen molar-refractivity contribution < 1.29 is 9.53 Å². The first-order chi connectivity index (χ1) is 12.7. The van der Waals surface area contributed by atoms with Gasteiger partial charge < -0.3 is 14.6 Å². The molecule has 3 heterocycles. The number of hydrogen-bond acceptors (Lipinski definition) is 4. The van der Waals surface area contributed by atoms with Gasteiger partial charge in [0, 0.05) is 43.2 Å². The maximum Gasteiger partial charge on any atom is 0.256 e. The standard InChI is InChI=1S/C20H25N3O3/c1-2-26-17-14-18(24)23-13-7-3-4-9-16(23)19(17)20(25)22-12-10-15-8-5-6-11-21-15/h5-6,8,11,14H,2-4,7,9-10,12-13H2,1H3,(H,22,25). The summed E-state index contributed by atoms with van der Waals surface area (Å²) in [7, 11) is 0. The zero-order chi connectivity index (χ0) is 18.4. The molecular weight excluding hydrogens is 330 g/mol. The molecule has 0 saturated heterocycles. The Morgan fingerprint density at radius 2 is 2.19 bits per heavy atom. The van der Waals surface area contributed by atoms with Crippen LogP contribution in [0.2, 0.25) is 0 Å². The lowest BCUT2D eigenvalue weighted by molar-refractivity contribution is 0.0948.